The lowest BCUT2D eigenvalue weighted by molar-refractivity contribution is 0.0847. The number of carbonyl (C=O) groups excluding carboxylic acids is 1. The number of thiophene rings is 1. The number of Topliss-reactive ketones (excluding diaryl/α,β-unsaturated/α-hetero) is 1. The molecule has 3 nitrogen and oxygen atoms in total. The van der Waals surface area contributed by atoms with Crippen LogP contribution in [0.4, 0.5) is 0 Å². The standard InChI is InChI=1S/C17H18Cl2N2OS/c18-14-4-3-13(15(19)10-14)11-20-5-7-21(8-6-20)12-16(22)17-2-1-9-23-17/h1-4,9-10H,5-8,11-12H2. The van der Waals surface area contributed by atoms with Gasteiger partial charge < -0.3 is 0 Å². The Morgan fingerprint density at radius 2 is 1.83 bits per heavy atom. The first-order chi connectivity index (χ1) is 11.1. The average molecular weight is 369 g/mol. The van der Waals surface area contributed by atoms with Gasteiger partial charge in [-0.3, -0.25) is 14.6 Å². The second-order valence-corrected chi connectivity index (χ2v) is 7.48. The van der Waals surface area contributed by atoms with Gasteiger partial charge in [0.1, 0.15) is 0 Å². The lowest BCUT2D eigenvalue weighted by atomic mass is 10.2. The maximum atomic E-state index is 12.1. The molecule has 1 saturated heterocycles. The first-order valence-corrected chi connectivity index (χ1v) is 9.21. The number of ketones is 1. The average Bonchev–Trinajstić information content (AvgIpc) is 3.06. The van der Waals surface area contributed by atoms with Gasteiger partial charge in [0.25, 0.3) is 0 Å². The molecule has 0 spiro atoms. The molecule has 0 radical (unpaired) electrons. The molecule has 0 unspecified atom stereocenters. The van der Waals surface area contributed by atoms with Crippen molar-refractivity contribution in [2.75, 3.05) is 32.7 Å². The fraction of sp³-hybridized carbons (Fsp3) is 0.353. The summed E-state index contributed by atoms with van der Waals surface area (Å²) < 4.78 is 0. The van der Waals surface area contributed by atoms with E-state index in [1.54, 1.807) is 6.07 Å². The SMILES string of the molecule is O=C(CN1CCN(Cc2ccc(Cl)cc2Cl)CC1)c1cccs1. The number of halogens is 2. The molecule has 1 aromatic carbocycles. The van der Waals surface area contributed by atoms with Gasteiger partial charge >= 0.3 is 0 Å². The van der Waals surface area contributed by atoms with E-state index in [1.807, 2.05) is 29.6 Å². The lowest BCUT2D eigenvalue weighted by Gasteiger charge is -2.34. The van der Waals surface area contributed by atoms with E-state index in [-0.39, 0.29) is 5.78 Å². The van der Waals surface area contributed by atoms with E-state index >= 15 is 0 Å². The summed E-state index contributed by atoms with van der Waals surface area (Å²) in [5, 5.41) is 3.32. The van der Waals surface area contributed by atoms with Crippen molar-refractivity contribution >= 4 is 40.3 Å². The van der Waals surface area contributed by atoms with E-state index in [4.69, 9.17) is 23.2 Å². The molecule has 122 valence electrons. The second-order valence-electron chi connectivity index (χ2n) is 5.69. The van der Waals surface area contributed by atoms with Crippen LogP contribution in [0.15, 0.2) is 35.7 Å². The Bertz CT molecular complexity index is 667. The van der Waals surface area contributed by atoms with Gasteiger partial charge in [-0.1, -0.05) is 35.3 Å². The van der Waals surface area contributed by atoms with Crippen molar-refractivity contribution in [3.05, 3.63) is 56.2 Å². The number of carbonyl (C=O) groups is 1. The highest BCUT2D eigenvalue weighted by Gasteiger charge is 2.20. The van der Waals surface area contributed by atoms with Gasteiger partial charge in [-0.05, 0) is 29.1 Å². The highest BCUT2D eigenvalue weighted by Crippen LogP contribution is 2.22. The summed E-state index contributed by atoms with van der Waals surface area (Å²) in [5.74, 6) is 0.217. The minimum absolute atomic E-state index is 0.217. The summed E-state index contributed by atoms with van der Waals surface area (Å²) in [6.07, 6.45) is 0. The Balaban J connectivity index is 1.49. The molecule has 2 heterocycles. The predicted molar refractivity (Wildman–Crippen MR) is 96.8 cm³/mol. The third-order valence-electron chi connectivity index (χ3n) is 4.04. The molecule has 23 heavy (non-hydrogen) atoms. The van der Waals surface area contributed by atoms with Gasteiger partial charge in [0, 0.05) is 42.8 Å². The van der Waals surface area contributed by atoms with Crippen LogP contribution in [-0.2, 0) is 6.54 Å². The number of hydrogen-bond donors (Lipinski definition) is 0. The first kappa shape index (κ1) is 16.9. The molecule has 6 heteroatoms. The van der Waals surface area contributed by atoms with E-state index in [9.17, 15) is 4.79 Å². The smallest absolute Gasteiger partial charge is 0.186 e. The molecule has 2 aromatic rings. The summed E-state index contributed by atoms with van der Waals surface area (Å²) in [7, 11) is 0. The van der Waals surface area contributed by atoms with Crippen LogP contribution in [-0.4, -0.2) is 48.3 Å². The molecule has 0 atom stereocenters. The molecule has 1 fully saturated rings. The van der Waals surface area contributed by atoms with Crippen LogP contribution in [0.25, 0.3) is 0 Å². The van der Waals surface area contributed by atoms with Crippen LogP contribution in [0.3, 0.4) is 0 Å². The van der Waals surface area contributed by atoms with Crippen molar-refractivity contribution in [1.82, 2.24) is 9.80 Å². The molecular weight excluding hydrogens is 351 g/mol. The number of nitrogens with zero attached hydrogens (tertiary/aromatic N) is 2. The Kier molecular flexibility index (Phi) is 5.72. The van der Waals surface area contributed by atoms with Gasteiger partial charge in [-0.15, -0.1) is 11.3 Å². The van der Waals surface area contributed by atoms with Crippen LogP contribution in [0.2, 0.25) is 10.0 Å². The molecule has 1 aromatic heterocycles. The van der Waals surface area contributed by atoms with E-state index in [1.165, 1.54) is 11.3 Å². The fourth-order valence-electron chi connectivity index (χ4n) is 2.71. The zero-order valence-electron chi connectivity index (χ0n) is 12.7. The normalized spacial score (nSPS) is 16.6. The summed E-state index contributed by atoms with van der Waals surface area (Å²) in [4.78, 5) is 17.6. The van der Waals surface area contributed by atoms with Crippen molar-refractivity contribution in [3.63, 3.8) is 0 Å². The molecule has 0 bridgehead atoms. The van der Waals surface area contributed by atoms with Gasteiger partial charge in [-0.25, -0.2) is 0 Å². The van der Waals surface area contributed by atoms with Crippen LogP contribution in [0.1, 0.15) is 15.2 Å². The number of piperazine rings is 1. The molecule has 0 N–H and O–H groups in total. The quantitative estimate of drug-likeness (QED) is 0.743. The van der Waals surface area contributed by atoms with Gasteiger partial charge in [0.2, 0.25) is 0 Å². The Morgan fingerprint density at radius 1 is 1.09 bits per heavy atom. The number of hydrogen-bond acceptors (Lipinski definition) is 4. The zero-order chi connectivity index (χ0) is 16.2. The van der Waals surface area contributed by atoms with Gasteiger partial charge in [0.05, 0.1) is 11.4 Å². The number of benzene rings is 1. The van der Waals surface area contributed by atoms with Crippen molar-refractivity contribution in [2.24, 2.45) is 0 Å². The topological polar surface area (TPSA) is 23.6 Å². The van der Waals surface area contributed by atoms with Crippen LogP contribution >= 0.6 is 34.5 Å². The monoisotopic (exact) mass is 368 g/mol. The molecule has 1 aliphatic rings. The first-order valence-electron chi connectivity index (χ1n) is 7.57. The predicted octanol–water partition coefficient (Wildman–Crippen LogP) is 4.06. The zero-order valence-corrected chi connectivity index (χ0v) is 15.0. The van der Waals surface area contributed by atoms with Crippen molar-refractivity contribution in [2.45, 2.75) is 6.54 Å². The van der Waals surface area contributed by atoms with Gasteiger partial charge in [0.15, 0.2) is 5.78 Å². The maximum absolute atomic E-state index is 12.1. The Morgan fingerprint density at radius 3 is 2.48 bits per heavy atom. The molecule has 1 aliphatic heterocycles. The van der Waals surface area contributed by atoms with Crippen LogP contribution in [0.5, 0.6) is 0 Å². The minimum Gasteiger partial charge on any atom is -0.296 e. The van der Waals surface area contributed by atoms with Crippen molar-refractivity contribution < 1.29 is 4.79 Å². The highest BCUT2D eigenvalue weighted by atomic mass is 35.5. The van der Waals surface area contributed by atoms with E-state index in [0.29, 0.717) is 16.6 Å². The highest BCUT2D eigenvalue weighted by molar-refractivity contribution is 7.12. The molecule has 0 saturated carbocycles. The van der Waals surface area contributed by atoms with Crippen LogP contribution < -0.4 is 0 Å². The van der Waals surface area contributed by atoms with Crippen molar-refractivity contribution in [3.8, 4) is 0 Å². The van der Waals surface area contributed by atoms with E-state index < -0.39 is 0 Å². The lowest BCUT2D eigenvalue weighted by Crippen LogP contribution is -2.47. The fourth-order valence-corrected chi connectivity index (χ4v) is 3.84. The summed E-state index contributed by atoms with van der Waals surface area (Å²) in [5.41, 5.74) is 1.10. The summed E-state index contributed by atoms with van der Waals surface area (Å²) in [6.45, 7) is 5.02. The van der Waals surface area contributed by atoms with E-state index in [0.717, 1.165) is 43.2 Å². The largest absolute Gasteiger partial charge is 0.296 e. The summed E-state index contributed by atoms with van der Waals surface area (Å²) in [6, 6.07) is 9.46. The maximum Gasteiger partial charge on any atom is 0.186 e. The minimum atomic E-state index is 0.217. The third kappa shape index (κ3) is 4.55. The molecule has 0 amide bonds. The van der Waals surface area contributed by atoms with Crippen molar-refractivity contribution in [1.29, 1.82) is 0 Å². The molecular formula is C17H18Cl2N2OS. The molecule has 3 rings (SSSR count). The number of rotatable bonds is 5. The third-order valence-corrected chi connectivity index (χ3v) is 5.54. The summed E-state index contributed by atoms with van der Waals surface area (Å²) >= 11 is 13.7. The van der Waals surface area contributed by atoms with E-state index in [2.05, 4.69) is 9.80 Å². The Hall–Kier alpha value is -0.910. The van der Waals surface area contributed by atoms with Gasteiger partial charge in [-0.2, -0.15) is 0 Å². The van der Waals surface area contributed by atoms with Crippen LogP contribution in [0, 0.1) is 0 Å². The molecule has 0 aliphatic carbocycles. The Labute approximate surface area is 150 Å². The second kappa shape index (κ2) is 7.77.